The van der Waals surface area contributed by atoms with E-state index in [9.17, 15) is 4.79 Å². The molecule has 1 amide bonds. The van der Waals surface area contributed by atoms with Gasteiger partial charge in [-0.25, -0.2) is 0 Å². The van der Waals surface area contributed by atoms with Crippen molar-refractivity contribution in [3.8, 4) is 0 Å². The van der Waals surface area contributed by atoms with E-state index in [-0.39, 0.29) is 5.91 Å². The number of hydrogen-bond donors (Lipinski definition) is 2. The highest BCUT2D eigenvalue weighted by Crippen LogP contribution is 2.07. The first-order valence-electron chi connectivity index (χ1n) is 10.3. The Balaban J connectivity index is 3.36. The predicted octanol–water partition coefficient (Wildman–Crippen LogP) is 5.76. The molecule has 0 aromatic rings. The van der Waals surface area contributed by atoms with Crippen LogP contribution in [0.4, 0.5) is 0 Å². The molecule has 0 unspecified atom stereocenters. The van der Waals surface area contributed by atoms with Crippen molar-refractivity contribution in [2.75, 3.05) is 6.61 Å². The van der Waals surface area contributed by atoms with Crippen molar-refractivity contribution in [3.05, 3.63) is 48.6 Å². The molecule has 148 valence electrons. The van der Waals surface area contributed by atoms with Gasteiger partial charge in [0.25, 0.3) is 0 Å². The van der Waals surface area contributed by atoms with E-state index in [1.807, 2.05) is 0 Å². The molecule has 0 saturated heterocycles. The Morgan fingerprint density at radius 1 is 0.615 bits per heavy atom. The van der Waals surface area contributed by atoms with Gasteiger partial charge >= 0.3 is 0 Å². The minimum atomic E-state index is -0.217. The lowest BCUT2D eigenvalue weighted by molar-refractivity contribution is -0.118. The molecule has 0 atom stereocenters. The first-order chi connectivity index (χ1) is 12.8. The van der Waals surface area contributed by atoms with Gasteiger partial charge < -0.3 is 10.8 Å². The molecule has 0 fully saturated rings. The van der Waals surface area contributed by atoms with Crippen LogP contribution in [0, 0.1) is 0 Å². The molecule has 0 bridgehead atoms. The number of carbonyl (C=O) groups is 1. The van der Waals surface area contributed by atoms with Gasteiger partial charge in [-0.2, -0.15) is 0 Å². The fraction of sp³-hybridized carbons (Fsp3) is 0.609. The summed E-state index contributed by atoms with van der Waals surface area (Å²) in [6.07, 6.45) is 31.2. The Morgan fingerprint density at radius 2 is 1.04 bits per heavy atom. The molecule has 26 heavy (non-hydrogen) atoms. The van der Waals surface area contributed by atoms with Gasteiger partial charge in [-0.3, -0.25) is 4.79 Å². The topological polar surface area (TPSA) is 63.3 Å². The number of allylic oxidation sites excluding steroid dienone is 8. The van der Waals surface area contributed by atoms with Crippen molar-refractivity contribution in [3.63, 3.8) is 0 Å². The molecule has 0 radical (unpaired) electrons. The number of unbranched alkanes of at least 4 members (excludes halogenated alkanes) is 7. The maximum absolute atomic E-state index is 10.6. The molecule has 3 nitrogen and oxygen atoms in total. The molecular formula is C23H39NO2. The van der Waals surface area contributed by atoms with Crippen LogP contribution in [0.1, 0.15) is 83.5 Å². The van der Waals surface area contributed by atoms with E-state index in [0.717, 1.165) is 38.5 Å². The van der Waals surface area contributed by atoms with Crippen LogP contribution in [-0.4, -0.2) is 17.6 Å². The Hall–Kier alpha value is -1.61. The Morgan fingerprint density at radius 3 is 1.54 bits per heavy atom. The van der Waals surface area contributed by atoms with E-state index in [1.54, 1.807) is 0 Å². The van der Waals surface area contributed by atoms with E-state index in [1.165, 1.54) is 38.5 Å². The molecule has 0 rings (SSSR count). The van der Waals surface area contributed by atoms with Crippen LogP contribution in [0.5, 0.6) is 0 Å². The lowest BCUT2D eigenvalue weighted by atomic mass is 10.1. The minimum Gasteiger partial charge on any atom is -0.396 e. The zero-order valence-corrected chi connectivity index (χ0v) is 16.5. The quantitative estimate of drug-likeness (QED) is 0.241. The van der Waals surface area contributed by atoms with Crippen LogP contribution >= 0.6 is 0 Å². The second kappa shape index (κ2) is 21.4. The third-order valence-electron chi connectivity index (χ3n) is 4.06. The Labute approximate surface area is 160 Å². The number of carbonyl (C=O) groups excluding carboxylic acids is 1. The lowest BCUT2D eigenvalue weighted by Crippen LogP contribution is -2.09. The molecule has 0 aromatic heterocycles. The highest BCUT2D eigenvalue weighted by molar-refractivity contribution is 5.73. The molecule has 0 heterocycles. The van der Waals surface area contributed by atoms with Gasteiger partial charge in [-0.05, 0) is 51.4 Å². The predicted molar refractivity (Wildman–Crippen MR) is 113 cm³/mol. The van der Waals surface area contributed by atoms with E-state index in [4.69, 9.17) is 10.8 Å². The summed E-state index contributed by atoms with van der Waals surface area (Å²) in [6, 6.07) is 0. The van der Waals surface area contributed by atoms with E-state index in [0.29, 0.717) is 13.0 Å². The standard InChI is InChI=1S/C23H39NO2/c24-23(26)21-19-17-15-13-11-9-7-5-3-1-2-4-6-8-10-12-14-16-18-20-22-25/h1,3-4,6-7,9,13,15,25H,2,5,8,10-12,14,16-22H2,(H2,24,26). The highest BCUT2D eigenvalue weighted by atomic mass is 16.2. The number of hydrogen-bond acceptors (Lipinski definition) is 2. The van der Waals surface area contributed by atoms with Crippen LogP contribution in [-0.2, 0) is 4.79 Å². The van der Waals surface area contributed by atoms with Crippen molar-refractivity contribution in [1.82, 2.24) is 0 Å². The molecule has 3 heteroatoms. The number of aliphatic hydroxyl groups is 1. The highest BCUT2D eigenvalue weighted by Gasteiger charge is 1.90. The molecule has 0 aliphatic rings. The summed E-state index contributed by atoms with van der Waals surface area (Å²) in [7, 11) is 0. The van der Waals surface area contributed by atoms with Gasteiger partial charge in [0.05, 0.1) is 0 Å². The second-order valence-corrected chi connectivity index (χ2v) is 6.58. The van der Waals surface area contributed by atoms with Gasteiger partial charge in [-0.15, -0.1) is 0 Å². The van der Waals surface area contributed by atoms with Crippen molar-refractivity contribution < 1.29 is 9.90 Å². The zero-order chi connectivity index (χ0) is 19.1. The van der Waals surface area contributed by atoms with Gasteiger partial charge in [0.2, 0.25) is 5.91 Å². The van der Waals surface area contributed by atoms with E-state index < -0.39 is 0 Å². The number of aliphatic hydroxyl groups excluding tert-OH is 1. The van der Waals surface area contributed by atoms with E-state index in [2.05, 4.69) is 48.6 Å². The molecule has 0 saturated carbocycles. The molecule has 0 aliphatic carbocycles. The lowest BCUT2D eigenvalue weighted by Gasteiger charge is -1.98. The normalized spacial score (nSPS) is 12.3. The fourth-order valence-electron chi connectivity index (χ4n) is 2.52. The summed E-state index contributed by atoms with van der Waals surface area (Å²) in [6.45, 7) is 0.336. The summed E-state index contributed by atoms with van der Waals surface area (Å²) in [5.74, 6) is -0.217. The van der Waals surface area contributed by atoms with E-state index >= 15 is 0 Å². The third kappa shape index (κ3) is 22.4. The first-order valence-corrected chi connectivity index (χ1v) is 10.3. The monoisotopic (exact) mass is 361 g/mol. The number of rotatable bonds is 18. The van der Waals surface area contributed by atoms with Crippen molar-refractivity contribution in [2.24, 2.45) is 5.73 Å². The van der Waals surface area contributed by atoms with Gasteiger partial charge in [0, 0.05) is 13.0 Å². The Bertz CT molecular complexity index is 422. The molecular weight excluding hydrogens is 322 g/mol. The zero-order valence-electron chi connectivity index (χ0n) is 16.5. The maximum atomic E-state index is 10.6. The number of primary amides is 1. The fourth-order valence-corrected chi connectivity index (χ4v) is 2.52. The maximum Gasteiger partial charge on any atom is 0.217 e. The van der Waals surface area contributed by atoms with Crippen LogP contribution in [0.15, 0.2) is 48.6 Å². The van der Waals surface area contributed by atoms with Crippen LogP contribution < -0.4 is 5.73 Å². The minimum absolute atomic E-state index is 0.217. The molecule has 0 aliphatic heterocycles. The van der Waals surface area contributed by atoms with Crippen LogP contribution in [0.3, 0.4) is 0 Å². The average molecular weight is 362 g/mol. The SMILES string of the molecule is NC(=O)CCCC=CCC=CCC=CCC=CCCCCCCCCO. The number of amides is 1. The first kappa shape index (κ1) is 24.4. The summed E-state index contributed by atoms with van der Waals surface area (Å²) < 4.78 is 0. The summed E-state index contributed by atoms with van der Waals surface area (Å²) in [5.41, 5.74) is 5.09. The molecule has 0 aromatic carbocycles. The smallest absolute Gasteiger partial charge is 0.217 e. The summed E-state index contributed by atoms with van der Waals surface area (Å²) in [5, 5.41) is 8.70. The van der Waals surface area contributed by atoms with Crippen LogP contribution in [0.2, 0.25) is 0 Å². The number of nitrogens with two attached hydrogens (primary N) is 1. The second-order valence-electron chi connectivity index (χ2n) is 6.58. The van der Waals surface area contributed by atoms with Crippen molar-refractivity contribution in [2.45, 2.75) is 83.5 Å². The van der Waals surface area contributed by atoms with Crippen molar-refractivity contribution in [1.29, 1.82) is 0 Å². The molecule has 0 spiro atoms. The van der Waals surface area contributed by atoms with Gasteiger partial charge in [0.15, 0.2) is 0 Å². The summed E-state index contributed by atoms with van der Waals surface area (Å²) >= 11 is 0. The van der Waals surface area contributed by atoms with Gasteiger partial charge in [0.1, 0.15) is 0 Å². The van der Waals surface area contributed by atoms with Crippen LogP contribution in [0.25, 0.3) is 0 Å². The Kier molecular flexibility index (Phi) is 20.1. The molecule has 3 N–H and O–H groups in total. The third-order valence-corrected chi connectivity index (χ3v) is 4.06. The summed E-state index contributed by atoms with van der Waals surface area (Å²) in [4.78, 5) is 10.6. The van der Waals surface area contributed by atoms with Crippen molar-refractivity contribution >= 4 is 5.91 Å². The largest absolute Gasteiger partial charge is 0.396 e. The average Bonchev–Trinajstić information content (AvgIpc) is 2.62. The van der Waals surface area contributed by atoms with Gasteiger partial charge in [-0.1, -0.05) is 74.3 Å².